The van der Waals surface area contributed by atoms with Gasteiger partial charge in [-0.3, -0.25) is 9.63 Å². The average molecular weight is 488 g/mol. The number of hydroxylamine groups is 1. The number of hydrogen-bond acceptors (Lipinski definition) is 8. The van der Waals surface area contributed by atoms with Crippen LogP contribution in [0.3, 0.4) is 0 Å². The third-order valence-electron chi connectivity index (χ3n) is 3.39. The van der Waals surface area contributed by atoms with Gasteiger partial charge < -0.3 is 15.5 Å². The molecule has 1 atom stereocenters. The molecule has 2 aromatic heterocycles. The fourth-order valence-electron chi connectivity index (χ4n) is 2.09. The van der Waals surface area contributed by atoms with Crippen LogP contribution >= 0.6 is 22.6 Å². The molecule has 10 nitrogen and oxygen atoms in total. The number of hydrogen-bond donors (Lipinski definition) is 4. The van der Waals surface area contributed by atoms with Gasteiger partial charge in [0.1, 0.15) is 30.4 Å². The highest BCUT2D eigenvalue weighted by molar-refractivity contribution is 14.1. The molecule has 142 valence electrons. The Morgan fingerprint density at radius 2 is 2.22 bits per heavy atom. The van der Waals surface area contributed by atoms with Crippen LogP contribution in [0.5, 0.6) is 0 Å². The number of anilines is 2. The molecule has 1 unspecified atom stereocenters. The summed E-state index contributed by atoms with van der Waals surface area (Å²) in [5.74, 6) is -0.892. The first-order valence-corrected chi connectivity index (χ1v) is 8.69. The number of carbonyl (C=O) groups excluding carboxylic acids is 1. The monoisotopic (exact) mass is 488 g/mol. The average Bonchev–Trinajstić information content (AvgIpc) is 3.12. The van der Waals surface area contributed by atoms with Crippen LogP contribution in [0.25, 0.3) is 5.78 Å². The van der Waals surface area contributed by atoms with Gasteiger partial charge in [0.25, 0.3) is 11.7 Å². The molecule has 0 aliphatic heterocycles. The Balaban J connectivity index is 1.91. The number of benzene rings is 1. The van der Waals surface area contributed by atoms with Gasteiger partial charge in [-0.25, -0.2) is 14.9 Å². The van der Waals surface area contributed by atoms with Crippen LogP contribution < -0.4 is 10.8 Å². The number of nitrogens with one attached hydrogen (secondary N) is 2. The largest absolute Gasteiger partial charge is 0.394 e. The van der Waals surface area contributed by atoms with Gasteiger partial charge in [0, 0.05) is 9.77 Å². The van der Waals surface area contributed by atoms with Gasteiger partial charge >= 0.3 is 0 Å². The Morgan fingerprint density at radius 1 is 1.41 bits per heavy atom. The second kappa shape index (κ2) is 8.51. The molecule has 0 saturated heterocycles. The maximum absolute atomic E-state index is 14.2. The predicted octanol–water partition coefficient (Wildman–Crippen LogP) is 0.626. The van der Waals surface area contributed by atoms with Crippen LogP contribution in [-0.4, -0.2) is 55.0 Å². The van der Waals surface area contributed by atoms with Crippen LogP contribution in [0.2, 0.25) is 0 Å². The summed E-state index contributed by atoms with van der Waals surface area (Å²) in [7, 11) is 0. The molecule has 0 aliphatic carbocycles. The Bertz CT molecular complexity index is 969. The third kappa shape index (κ3) is 4.47. The van der Waals surface area contributed by atoms with E-state index in [2.05, 4.69) is 25.9 Å². The van der Waals surface area contributed by atoms with Crippen LogP contribution in [0, 0.1) is 9.39 Å². The Morgan fingerprint density at radius 3 is 2.96 bits per heavy atom. The van der Waals surface area contributed by atoms with E-state index in [0.717, 1.165) is 0 Å². The molecule has 0 fully saturated rings. The number of fused-ring (bicyclic) bond motifs is 1. The van der Waals surface area contributed by atoms with Crippen molar-refractivity contribution < 1.29 is 24.2 Å². The molecule has 3 rings (SSSR count). The molecule has 0 radical (unpaired) electrons. The SMILES string of the molecule is O=C(NOCC(O)CO)c1cnc2ncnn2c1Nc1ccc(I)cc1F. The lowest BCUT2D eigenvalue weighted by atomic mass is 10.2. The zero-order chi connectivity index (χ0) is 19.4. The molecule has 0 saturated carbocycles. The van der Waals surface area contributed by atoms with Crippen molar-refractivity contribution in [3.8, 4) is 0 Å². The number of aromatic nitrogens is 4. The standard InChI is InChI=1S/C15H14FIN6O4/c16-11-3-8(17)1-2-12(11)21-13-10(4-18-15-19-7-20-23(13)15)14(26)22-27-6-9(25)5-24/h1-4,7,9,21,24-25H,5-6H2,(H,22,26). The topological polar surface area (TPSA) is 134 Å². The normalized spacial score (nSPS) is 12.1. The third-order valence-corrected chi connectivity index (χ3v) is 4.06. The minimum Gasteiger partial charge on any atom is -0.394 e. The smallest absolute Gasteiger partial charge is 0.280 e. The lowest BCUT2D eigenvalue weighted by Gasteiger charge is -2.14. The Hall–Kier alpha value is -2.42. The van der Waals surface area contributed by atoms with Crippen LogP contribution in [-0.2, 0) is 4.84 Å². The van der Waals surface area contributed by atoms with Crippen LogP contribution in [0.4, 0.5) is 15.9 Å². The van der Waals surface area contributed by atoms with Crippen molar-refractivity contribution in [1.29, 1.82) is 0 Å². The first-order valence-electron chi connectivity index (χ1n) is 7.61. The van der Waals surface area contributed by atoms with Gasteiger partial charge in [0.2, 0.25) is 0 Å². The number of amides is 1. The fourth-order valence-corrected chi connectivity index (χ4v) is 2.55. The molecule has 0 bridgehead atoms. The van der Waals surface area contributed by atoms with E-state index >= 15 is 0 Å². The van der Waals surface area contributed by atoms with Crippen molar-refractivity contribution in [1.82, 2.24) is 25.1 Å². The molecule has 1 amide bonds. The molecular formula is C15H14FIN6O4. The second-order valence-corrected chi connectivity index (χ2v) is 6.57. The summed E-state index contributed by atoms with van der Waals surface area (Å²) in [6.07, 6.45) is 1.34. The molecule has 1 aromatic carbocycles. The molecular weight excluding hydrogens is 474 g/mol. The van der Waals surface area contributed by atoms with E-state index in [9.17, 15) is 14.3 Å². The lowest BCUT2D eigenvalue weighted by molar-refractivity contribution is -0.0295. The summed E-state index contributed by atoms with van der Waals surface area (Å²) < 4.78 is 16.2. The van der Waals surface area contributed by atoms with Crippen LogP contribution in [0.15, 0.2) is 30.7 Å². The Kier molecular flexibility index (Phi) is 6.10. The summed E-state index contributed by atoms with van der Waals surface area (Å²) >= 11 is 1.98. The van der Waals surface area contributed by atoms with E-state index in [1.54, 1.807) is 6.07 Å². The van der Waals surface area contributed by atoms with E-state index in [1.165, 1.54) is 29.2 Å². The number of rotatable bonds is 7. The molecule has 4 N–H and O–H groups in total. The maximum atomic E-state index is 14.2. The zero-order valence-corrected chi connectivity index (χ0v) is 15.8. The van der Waals surface area contributed by atoms with Gasteiger partial charge in [-0.2, -0.15) is 14.6 Å². The predicted molar refractivity (Wildman–Crippen MR) is 99.7 cm³/mol. The van der Waals surface area contributed by atoms with E-state index in [0.29, 0.717) is 3.57 Å². The summed E-state index contributed by atoms with van der Waals surface area (Å²) in [5.41, 5.74) is 2.26. The summed E-state index contributed by atoms with van der Waals surface area (Å²) in [6, 6.07) is 4.56. The lowest BCUT2D eigenvalue weighted by Crippen LogP contribution is -2.30. The van der Waals surface area contributed by atoms with Crippen LogP contribution in [0.1, 0.15) is 10.4 Å². The first-order chi connectivity index (χ1) is 13.0. The van der Waals surface area contributed by atoms with E-state index in [1.807, 2.05) is 22.6 Å². The number of nitrogens with zero attached hydrogens (tertiary/aromatic N) is 4. The van der Waals surface area contributed by atoms with Gasteiger partial charge in [-0.05, 0) is 40.8 Å². The minimum atomic E-state index is -1.14. The van der Waals surface area contributed by atoms with Crippen molar-refractivity contribution in [2.45, 2.75) is 6.10 Å². The molecule has 0 aliphatic rings. The molecule has 27 heavy (non-hydrogen) atoms. The van der Waals surface area contributed by atoms with Gasteiger partial charge in [-0.15, -0.1) is 0 Å². The van der Waals surface area contributed by atoms with E-state index in [-0.39, 0.29) is 29.5 Å². The maximum Gasteiger partial charge on any atom is 0.280 e. The summed E-state index contributed by atoms with van der Waals surface area (Å²) in [6.45, 7) is -0.822. The summed E-state index contributed by atoms with van der Waals surface area (Å²) in [4.78, 5) is 25.2. The van der Waals surface area contributed by atoms with Gasteiger partial charge in [-0.1, -0.05) is 0 Å². The van der Waals surface area contributed by atoms with Crippen molar-refractivity contribution in [2.75, 3.05) is 18.5 Å². The zero-order valence-electron chi connectivity index (χ0n) is 13.6. The Labute approximate surface area is 165 Å². The fraction of sp³-hybridized carbons (Fsp3) is 0.200. The first kappa shape index (κ1) is 19.3. The van der Waals surface area contributed by atoms with Crippen molar-refractivity contribution in [2.24, 2.45) is 0 Å². The highest BCUT2D eigenvalue weighted by Crippen LogP contribution is 2.24. The van der Waals surface area contributed by atoms with E-state index in [4.69, 9.17) is 9.94 Å². The van der Waals surface area contributed by atoms with Crippen molar-refractivity contribution in [3.63, 3.8) is 0 Å². The quantitative estimate of drug-likeness (QED) is 0.281. The molecule has 12 heteroatoms. The van der Waals surface area contributed by atoms with Gasteiger partial charge in [0.15, 0.2) is 5.82 Å². The van der Waals surface area contributed by atoms with Gasteiger partial charge in [0.05, 0.1) is 12.3 Å². The van der Waals surface area contributed by atoms with Crippen molar-refractivity contribution >= 4 is 45.8 Å². The van der Waals surface area contributed by atoms with E-state index < -0.39 is 24.4 Å². The number of carbonyl (C=O) groups is 1. The van der Waals surface area contributed by atoms with Crippen molar-refractivity contribution in [3.05, 3.63) is 45.7 Å². The second-order valence-electron chi connectivity index (χ2n) is 5.32. The number of aliphatic hydroxyl groups excluding tert-OH is 2. The number of halogens is 2. The number of aliphatic hydroxyl groups is 2. The molecule has 0 spiro atoms. The summed E-state index contributed by atoms with van der Waals surface area (Å²) in [5, 5.41) is 24.8. The minimum absolute atomic E-state index is 0.00411. The molecule has 2 heterocycles. The highest BCUT2D eigenvalue weighted by atomic mass is 127. The highest BCUT2D eigenvalue weighted by Gasteiger charge is 2.19. The molecule has 3 aromatic rings.